The molecular weight excluding hydrogens is 433 g/mol. The van der Waals surface area contributed by atoms with E-state index >= 15 is 0 Å². The fourth-order valence-electron chi connectivity index (χ4n) is 2.48. The van der Waals surface area contributed by atoms with Gasteiger partial charge in [0.2, 0.25) is 0 Å². The van der Waals surface area contributed by atoms with Gasteiger partial charge in [0, 0.05) is 0 Å². The number of aromatic nitrogens is 2. The minimum absolute atomic E-state index is 0.0606. The number of amides is 2. The van der Waals surface area contributed by atoms with Crippen molar-refractivity contribution in [3.63, 3.8) is 0 Å². The first-order valence-electron chi connectivity index (χ1n) is 8.85. The molecule has 2 amide bonds. The topological polar surface area (TPSA) is 119 Å². The van der Waals surface area contributed by atoms with Gasteiger partial charge in [-0.05, 0) is 37.1 Å². The van der Waals surface area contributed by atoms with Crippen LogP contribution in [0.4, 0.5) is 21.0 Å². The van der Waals surface area contributed by atoms with Gasteiger partial charge in [0.15, 0.2) is 5.13 Å². The SMILES string of the molecule is Nc1ncc(C(=O)Nc2cc(C(=O)Nc3ccc(OC4CC4)cn3)c(F)cc2Cl)s1. The molecule has 4 N–H and O–H groups in total. The summed E-state index contributed by atoms with van der Waals surface area (Å²) in [5, 5.41) is 5.19. The second kappa shape index (κ2) is 8.25. The number of halogens is 2. The number of carbonyl (C=O) groups is 2. The van der Waals surface area contributed by atoms with Crippen molar-refractivity contribution in [1.82, 2.24) is 9.97 Å². The predicted octanol–water partition coefficient (Wildman–Crippen LogP) is 3.96. The van der Waals surface area contributed by atoms with Gasteiger partial charge in [-0.15, -0.1) is 0 Å². The van der Waals surface area contributed by atoms with Crippen LogP contribution in [-0.4, -0.2) is 27.9 Å². The summed E-state index contributed by atoms with van der Waals surface area (Å²) < 4.78 is 19.9. The summed E-state index contributed by atoms with van der Waals surface area (Å²) in [5.74, 6) is -1.29. The third-order valence-corrected chi connectivity index (χ3v) is 5.24. The van der Waals surface area contributed by atoms with Crippen LogP contribution in [0.1, 0.15) is 32.9 Å². The van der Waals surface area contributed by atoms with E-state index in [0.29, 0.717) is 5.75 Å². The molecule has 2 heterocycles. The molecule has 0 radical (unpaired) electrons. The first-order chi connectivity index (χ1) is 14.4. The third kappa shape index (κ3) is 4.66. The molecule has 0 spiro atoms. The van der Waals surface area contributed by atoms with Crippen LogP contribution in [0.2, 0.25) is 5.02 Å². The van der Waals surface area contributed by atoms with Gasteiger partial charge in [-0.3, -0.25) is 9.59 Å². The van der Waals surface area contributed by atoms with E-state index in [-0.39, 0.29) is 38.2 Å². The van der Waals surface area contributed by atoms with Crippen LogP contribution < -0.4 is 21.1 Å². The first kappa shape index (κ1) is 20.0. The molecule has 0 atom stereocenters. The van der Waals surface area contributed by atoms with E-state index in [1.54, 1.807) is 12.1 Å². The molecule has 8 nitrogen and oxygen atoms in total. The molecule has 1 aromatic carbocycles. The number of nitrogen functional groups attached to an aromatic ring is 1. The van der Waals surface area contributed by atoms with Crippen molar-refractivity contribution in [2.24, 2.45) is 0 Å². The summed E-state index contributed by atoms with van der Waals surface area (Å²) in [6.07, 6.45) is 5.06. The minimum Gasteiger partial charge on any atom is -0.489 e. The highest BCUT2D eigenvalue weighted by Crippen LogP contribution is 2.28. The number of rotatable bonds is 6. The zero-order valence-corrected chi connectivity index (χ0v) is 16.9. The maximum atomic E-state index is 14.3. The maximum Gasteiger partial charge on any atom is 0.267 e. The number of nitrogens with two attached hydrogens (primary N) is 1. The number of anilines is 3. The van der Waals surface area contributed by atoms with E-state index in [2.05, 4.69) is 20.6 Å². The van der Waals surface area contributed by atoms with E-state index < -0.39 is 17.6 Å². The second-order valence-corrected chi connectivity index (χ2v) is 7.95. The van der Waals surface area contributed by atoms with Crippen molar-refractivity contribution in [3.8, 4) is 5.75 Å². The lowest BCUT2D eigenvalue weighted by Crippen LogP contribution is -2.16. The van der Waals surface area contributed by atoms with Gasteiger partial charge in [0.1, 0.15) is 22.3 Å². The van der Waals surface area contributed by atoms with Crippen LogP contribution in [0, 0.1) is 5.82 Å². The normalized spacial score (nSPS) is 13.0. The Hall–Kier alpha value is -3.24. The van der Waals surface area contributed by atoms with Crippen LogP contribution in [0.3, 0.4) is 0 Å². The molecule has 1 aliphatic rings. The number of benzene rings is 1. The zero-order chi connectivity index (χ0) is 21.3. The predicted molar refractivity (Wildman–Crippen MR) is 112 cm³/mol. The number of pyridine rings is 1. The Morgan fingerprint density at radius 1 is 1.17 bits per heavy atom. The van der Waals surface area contributed by atoms with Gasteiger partial charge < -0.3 is 21.1 Å². The number of nitrogens with one attached hydrogen (secondary N) is 2. The molecular formula is C19H15ClFN5O3S. The van der Waals surface area contributed by atoms with Gasteiger partial charge in [0.05, 0.1) is 34.8 Å². The summed E-state index contributed by atoms with van der Waals surface area (Å²) in [7, 11) is 0. The van der Waals surface area contributed by atoms with Crippen molar-refractivity contribution in [1.29, 1.82) is 0 Å². The smallest absolute Gasteiger partial charge is 0.267 e. The van der Waals surface area contributed by atoms with Gasteiger partial charge in [-0.2, -0.15) is 0 Å². The maximum absolute atomic E-state index is 14.3. The molecule has 11 heteroatoms. The van der Waals surface area contributed by atoms with Crippen LogP contribution >= 0.6 is 22.9 Å². The van der Waals surface area contributed by atoms with Gasteiger partial charge >= 0.3 is 0 Å². The standard InChI is InChI=1S/C19H15ClFN5O3S/c20-12-6-13(21)11(5-14(12)25-18(28)15-8-24-19(22)30-15)17(27)26-16-4-3-10(7-23-16)29-9-1-2-9/h3-9H,1-2H2,(H2,22,24)(H,25,28)(H,23,26,27). The van der Waals surface area contributed by atoms with Crippen LogP contribution in [0.15, 0.2) is 36.7 Å². The molecule has 0 saturated heterocycles. The van der Waals surface area contributed by atoms with Gasteiger partial charge in [-0.25, -0.2) is 14.4 Å². The lowest BCUT2D eigenvalue weighted by molar-refractivity contribution is 0.101. The number of hydrogen-bond acceptors (Lipinski definition) is 7. The second-order valence-electron chi connectivity index (χ2n) is 6.48. The number of carbonyl (C=O) groups excluding carboxylic acids is 2. The van der Waals surface area contributed by atoms with E-state index in [9.17, 15) is 14.0 Å². The Balaban J connectivity index is 1.49. The molecule has 154 valence electrons. The fraction of sp³-hybridized carbons (Fsp3) is 0.158. The van der Waals surface area contributed by atoms with E-state index in [0.717, 1.165) is 36.3 Å². The van der Waals surface area contributed by atoms with Crippen molar-refractivity contribution in [2.45, 2.75) is 18.9 Å². The number of ether oxygens (including phenoxy) is 1. The molecule has 1 aliphatic carbocycles. The van der Waals surface area contributed by atoms with E-state index in [1.807, 2.05) is 0 Å². The van der Waals surface area contributed by atoms with Gasteiger partial charge in [0.25, 0.3) is 11.8 Å². The molecule has 4 rings (SSSR count). The Morgan fingerprint density at radius 3 is 2.60 bits per heavy atom. The molecule has 2 aromatic heterocycles. The van der Waals surface area contributed by atoms with Crippen molar-refractivity contribution in [2.75, 3.05) is 16.4 Å². The van der Waals surface area contributed by atoms with Crippen molar-refractivity contribution in [3.05, 3.63) is 57.9 Å². The third-order valence-electron chi connectivity index (χ3n) is 4.10. The largest absolute Gasteiger partial charge is 0.489 e. The highest BCUT2D eigenvalue weighted by atomic mass is 35.5. The van der Waals surface area contributed by atoms with Crippen molar-refractivity contribution < 1.29 is 18.7 Å². The van der Waals surface area contributed by atoms with Crippen LogP contribution in [-0.2, 0) is 0 Å². The Morgan fingerprint density at radius 2 is 1.97 bits per heavy atom. The molecule has 0 unspecified atom stereocenters. The van der Waals surface area contributed by atoms with Crippen molar-refractivity contribution >= 4 is 51.4 Å². The highest BCUT2D eigenvalue weighted by Gasteiger charge is 2.23. The number of hydrogen-bond donors (Lipinski definition) is 3. The molecule has 30 heavy (non-hydrogen) atoms. The van der Waals surface area contributed by atoms with E-state index in [1.165, 1.54) is 12.4 Å². The lowest BCUT2D eigenvalue weighted by atomic mass is 10.1. The Labute approximate surface area is 179 Å². The Kier molecular flexibility index (Phi) is 5.51. The summed E-state index contributed by atoms with van der Waals surface area (Å²) in [4.78, 5) is 32.9. The Bertz CT molecular complexity index is 1120. The number of nitrogens with zero attached hydrogens (tertiary/aromatic N) is 2. The lowest BCUT2D eigenvalue weighted by Gasteiger charge is -2.11. The molecule has 1 saturated carbocycles. The van der Waals surface area contributed by atoms with Crippen LogP contribution in [0.5, 0.6) is 5.75 Å². The summed E-state index contributed by atoms with van der Waals surface area (Å²) in [6.45, 7) is 0. The summed E-state index contributed by atoms with van der Waals surface area (Å²) in [5.41, 5.74) is 5.28. The quantitative estimate of drug-likeness (QED) is 0.526. The molecule has 1 fully saturated rings. The van der Waals surface area contributed by atoms with E-state index in [4.69, 9.17) is 22.1 Å². The minimum atomic E-state index is -0.841. The first-order valence-corrected chi connectivity index (χ1v) is 10.0. The van der Waals surface area contributed by atoms with Gasteiger partial charge in [-0.1, -0.05) is 22.9 Å². The summed E-state index contributed by atoms with van der Waals surface area (Å²) >= 11 is 7.00. The fourth-order valence-corrected chi connectivity index (χ4v) is 3.26. The molecule has 0 aliphatic heterocycles. The molecule has 0 bridgehead atoms. The van der Waals surface area contributed by atoms with Crippen LogP contribution in [0.25, 0.3) is 0 Å². The molecule has 3 aromatic rings. The average Bonchev–Trinajstić information content (AvgIpc) is 3.42. The number of thiazole rings is 1. The highest BCUT2D eigenvalue weighted by molar-refractivity contribution is 7.17. The average molecular weight is 448 g/mol. The summed E-state index contributed by atoms with van der Waals surface area (Å²) in [6, 6.07) is 5.33. The zero-order valence-electron chi connectivity index (χ0n) is 15.3. The monoisotopic (exact) mass is 447 g/mol.